The Morgan fingerprint density at radius 1 is 1.32 bits per heavy atom. The number of halogens is 3. The Morgan fingerprint density at radius 3 is 2.73 bits per heavy atom. The molecule has 1 aliphatic heterocycles. The number of aromatic nitrogens is 2. The summed E-state index contributed by atoms with van der Waals surface area (Å²) >= 11 is 0. The van der Waals surface area contributed by atoms with E-state index in [2.05, 4.69) is 10.00 Å². The molecule has 22 heavy (non-hydrogen) atoms. The third kappa shape index (κ3) is 5.28. The number of rotatable bonds is 6. The third-order valence-corrected chi connectivity index (χ3v) is 4.02. The highest BCUT2D eigenvalue weighted by molar-refractivity contribution is 5.06. The number of ether oxygens (including phenoxy) is 1. The molecule has 0 radical (unpaired) electrons. The lowest BCUT2D eigenvalue weighted by molar-refractivity contribution is -0.175. The number of hydrogen-bond donors (Lipinski definition) is 0. The van der Waals surface area contributed by atoms with E-state index in [0.29, 0.717) is 12.6 Å². The van der Waals surface area contributed by atoms with Crippen molar-refractivity contribution in [2.24, 2.45) is 0 Å². The summed E-state index contributed by atoms with van der Waals surface area (Å²) in [5.41, 5.74) is 2.12. The van der Waals surface area contributed by atoms with Crippen molar-refractivity contribution in [1.82, 2.24) is 14.7 Å². The second kappa shape index (κ2) is 7.46. The lowest BCUT2D eigenvalue weighted by Gasteiger charge is -2.35. The van der Waals surface area contributed by atoms with Crippen LogP contribution in [0.3, 0.4) is 0 Å². The normalized spacial score (nSPS) is 20.5. The van der Waals surface area contributed by atoms with Crippen LogP contribution in [-0.4, -0.2) is 53.2 Å². The summed E-state index contributed by atoms with van der Waals surface area (Å²) in [5, 5.41) is 4.48. The fourth-order valence-electron chi connectivity index (χ4n) is 2.99. The van der Waals surface area contributed by atoms with Gasteiger partial charge in [0.25, 0.3) is 0 Å². The molecule has 1 aromatic rings. The van der Waals surface area contributed by atoms with Crippen molar-refractivity contribution in [3.63, 3.8) is 0 Å². The molecule has 0 amide bonds. The fourth-order valence-corrected chi connectivity index (χ4v) is 2.99. The van der Waals surface area contributed by atoms with Crippen LogP contribution in [0, 0.1) is 13.8 Å². The zero-order valence-corrected chi connectivity index (χ0v) is 13.2. The van der Waals surface area contributed by atoms with Crippen molar-refractivity contribution in [3.8, 4) is 0 Å². The van der Waals surface area contributed by atoms with Gasteiger partial charge in [0.05, 0.1) is 18.8 Å². The first-order valence-corrected chi connectivity index (χ1v) is 7.75. The molecule has 2 heterocycles. The zero-order valence-electron chi connectivity index (χ0n) is 13.2. The average Bonchev–Trinajstić information content (AvgIpc) is 2.73. The molecule has 1 atom stereocenters. The lowest BCUT2D eigenvalue weighted by Crippen LogP contribution is -2.44. The van der Waals surface area contributed by atoms with Crippen molar-refractivity contribution in [2.45, 2.75) is 51.9 Å². The minimum atomic E-state index is -4.25. The Bertz CT molecular complexity index is 473. The summed E-state index contributed by atoms with van der Waals surface area (Å²) in [6.07, 6.45) is -0.945. The molecule has 0 spiro atoms. The minimum Gasteiger partial charge on any atom is -0.371 e. The van der Waals surface area contributed by atoms with Crippen molar-refractivity contribution in [1.29, 1.82) is 0 Å². The predicted molar refractivity (Wildman–Crippen MR) is 77.8 cm³/mol. The molecule has 0 saturated carbocycles. The molecule has 2 rings (SSSR count). The van der Waals surface area contributed by atoms with E-state index in [1.807, 2.05) is 24.6 Å². The van der Waals surface area contributed by atoms with Crippen LogP contribution in [0.1, 0.15) is 30.7 Å². The molecule has 0 unspecified atom stereocenters. The van der Waals surface area contributed by atoms with Gasteiger partial charge in [-0.1, -0.05) is 6.42 Å². The Morgan fingerprint density at radius 2 is 2.09 bits per heavy atom. The van der Waals surface area contributed by atoms with Gasteiger partial charge >= 0.3 is 6.18 Å². The molecular formula is C15H24F3N3O. The van der Waals surface area contributed by atoms with Crippen molar-refractivity contribution >= 4 is 0 Å². The summed E-state index contributed by atoms with van der Waals surface area (Å²) in [6, 6.07) is 2.36. The Kier molecular flexibility index (Phi) is 5.86. The SMILES string of the molecule is Cc1cc(C)n(C[C@@H]2CCCCN2CCOCC(F)(F)F)n1. The number of hydrogen-bond acceptors (Lipinski definition) is 3. The van der Waals surface area contributed by atoms with Gasteiger partial charge in [-0.3, -0.25) is 9.58 Å². The van der Waals surface area contributed by atoms with Crippen LogP contribution in [0.2, 0.25) is 0 Å². The van der Waals surface area contributed by atoms with Crippen LogP contribution in [-0.2, 0) is 11.3 Å². The van der Waals surface area contributed by atoms with Gasteiger partial charge in [0.1, 0.15) is 6.61 Å². The van der Waals surface area contributed by atoms with Crippen LogP contribution in [0.5, 0.6) is 0 Å². The second-order valence-corrected chi connectivity index (χ2v) is 5.96. The summed E-state index contributed by atoms with van der Waals surface area (Å²) in [7, 11) is 0. The molecule has 1 saturated heterocycles. The van der Waals surface area contributed by atoms with E-state index in [1.165, 1.54) is 0 Å². The first kappa shape index (κ1) is 17.3. The summed E-state index contributed by atoms with van der Waals surface area (Å²) in [5.74, 6) is 0. The monoisotopic (exact) mass is 319 g/mol. The van der Waals surface area contributed by atoms with Gasteiger partial charge in [-0.15, -0.1) is 0 Å². The van der Waals surface area contributed by atoms with Gasteiger partial charge in [0, 0.05) is 18.3 Å². The molecule has 4 nitrogen and oxygen atoms in total. The fraction of sp³-hybridized carbons (Fsp3) is 0.800. The molecule has 1 aromatic heterocycles. The maximum atomic E-state index is 12.1. The highest BCUT2D eigenvalue weighted by Crippen LogP contribution is 2.19. The van der Waals surface area contributed by atoms with E-state index in [9.17, 15) is 13.2 Å². The molecule has 0 aromatic carbocycles. The Hall–Kier alpha value is -1.08. The first-order valence-electron chi connectivity index (χ1n) is 7.75. The predicted octanol–water partition coefficient (Wildman–Crippen LogP) is 2.93. The van der Waals surface area contributed by atoms with Gasteiger partial charge in [0.2, 0.25) is 0 Å². The first-order chi connectivity index (χ1) is 10.3. The number of piperidine rings is 1. The molecule has 0 aliphatic carbocycles. The van der Waals surface area contributed by atoms with Crippen LogP contribution >= 0.6 is 0 Å². The standard InChI is InChI=1S/C15H24F3N3O/c1-12-9-13(2)21(19-12)10-14-5-3-4-6-20(14)7-8-22-11-15(16,17)18/h9,14H,3-8,10-11H2,1-2H3/t14-/m0/s1. The lowest BCUT2D eigenvalue weighted by atomic mass is 10.0. The molecule has 126 valence electrons. The second-order valence-electron chi connectivity index (χ2n) is 5.96. The van der Waals surface area contributed by atoms with Gasteiger partial charge < -0.3 is 4.74 Å². The van der Waals surface area contributed by atoms with Crippen LogP contribution in [0.15, 0.2) is 6.07 Å². The van der Waals surface area contributed by atoms with Gasteiger partial charge in [0.15, 0.2) is 0 Å². The summed E-state index contributed by atoms with van der Waals surface area (Å²) in [4.78, 5) is 2.23. The Balaban J connectivity index is 1.84. The Labute approximate surface area is 129 Å². The molecule has 1 aliphatic rings. The molecule has 0 N–H and O–H groups in total. The highest BCUT2D eigenvalue weighted by atomic mass is 19.4. The van der Waals surface area contributed by atoms with Crippen LogP contribution in [0.4, 0.5) is 13.2 Å². The molecule has 7 heteroatoms. The third-order valence-electron chi connectivity index (χ3n) is 4.02. The van der Waals surface area contributed by atoms with E-state index in [1.54, 1.807) is 0 Å². The topological polar surface area (TPSA) is 30.3 Å². The largest absolute Gasteiger partial charge is 0.411 e. The van der Waals surface area contributed by atoms with Gasteiger partial charge in [-0.2, -0.15) is 18.3 Å². The van der Waals surface area contributed by atoms with Crippen LogP contribution < -0.4 is 0 Å². The molecule has 0 bridgehead atoms. The van der Waals surface area contributed by atoms with E-state index < -0.39 is 12.8 Å². The quantitative estimate of drug-likeness (QED) is 0.755. The smallest absolute Gasteiger partial charge is 0.371 e. The zero-order chi connectivity index (χ0) is 16.2. The van der Waals surface area contributed by atoms with E-state index in [0.717, 1.165) is 43.7 Å². The number of alkyl halides is 3. The number of likely N-dealkylation sites (tertiary alicyclic amines) is 1. The maximum Gasteiger partial charge on any atom is 0.411 e. The highest BCUT2D eigenvalue weighted by Gasteiger charge is 2.28. The molecule has 1 fully saturated rings. The minimum absolute atomic E-state index is 0.118. The van der Waals surface area contributed by atoms with Crippen LogP contribution in [0.25, 0.3) is 0 Å². The van der Waals surface area contributed by atoms with E-state index in [4.69, 9.17) is 4.74 Å². The average molecular weight is 319 g/mol. The van der Waals surface area contributed by atoms with Gasteiger partial charge in [-0.05, 0) is 39.3 Å². The summed E-state index contributed by atoms with van der Waals surface area (Å²) < 4.78 is 43.0. The van der Waals surface area contributed by atoms with E-state index in [-0.39, 0.29) is 6.61 Å². The van der Waals surface area contributed by atoms with Gasteiger partial charge in [-0.25, -0.2) is 0 Å². The van der Waals surface area contributed by atoms with Crippen molar-refractivity contribution < 1.29 is 17.9 Å². The van der Waals surface area contributed by atoms with E-state index >= 15 is 0 Å². The van der Waals surface area contributed by atoms with Crippen molar-refractivity contribution in [2.75, 3.05) is 26.3 Å². The molecular weight excluding hydrogens is 295 g/mol. The summed E-state index contributed by atoms with van der Waals surface area (Å²) in [6.45, 7) is 5.20. The maximum absolute atomic E-state index is 12.1. The van der Waals surface area contributed by atoms with Crippen molar-refractivity contribution in [3.05, 3.63) is 17.5 Å². The number of aryl methyl sites for hydroxylation is 2. The number of nitrogens with zero attached hydrogens (tertiary/aromatic N) is 3.